The molecule has 4 atom stereocenters. The van der Waals surface area contributed by atoms with Gasteiger partial charge in [-0.3, -0.25) is 14.6 Å². The van der Waals surface area contributed by atoms with Crippen LogP contribution < -0.4 is 0 Å². The van der Waals surface area contributed by atoms with Crippen molar-refractivity contribution in [3.8, 4) is 0 Å². The van der Waals surface area contributed by atoms with Crippen molar-refractivity contribution in [2.45, 2.75) is 64.5 Å². The average Bonchev–Trinajstić information content (AvgIpc) is 3.60. The van der Waals surface area contributed by atoms with Gasteiger partial charge in [-0.25, -0.2) is 4.68 Å². The van der Waals surface area contributed by atoms with Crippen molar-refractivity contribution in [2.75, 3.05) is 32.8 Å². The van der Waals surface area contributed by atoms with Crippen molar-refractivity contribution >= 4 is 23.2 Å². The highest BCUT2D eigenvalue weighted by Crippen LogP contribution is 2.55. The van der Waals surface area contributed by atoms with Crippen molar-refractivity contribution < 1.29 is 18.8 Å². The number of thiazole rings is 1. The van der Waals surface area contributed by atoms with Crippen LogP contribution >= 0.6 is 11.3 Å². The summed E-state index contributed by atoms with van der Waals surface area (Å²) in [6, 6.07) is 1.98. The Morgan fingerprint density at radius 1 is 1.18 bits per heavy atom. The van der Waals surface area contributed by atoms with Gasteiger partial charge in [-0.05, 0) is 44.1 Å². The second-order valence-electron chi connectivity index (χ2n) is 12.7. The lowest BCUT2D eigenvalue weighted by molar-refractivity contribution is -0.145. The number of carbonyl (C=O) groups excluding carboxylic acids is 2. The maximum absolute atomic E-state index is 13.3. The predicted molar refractivity (Wildman–Crippen MR) is 145 cm³/mol. The predicted octanol–water partition coefficient (Wildman–Crippen LogP) is 3.69. The van der Waals surface area contributed by atoms with Gasteiger partial charge in [0.15, 0.2) is 5.82 Å². The molecule has 0 N–H and O–H groups in total. The van der Waals surface area contributed by atoms with Gasteiger partial charge in [0.05, 0.1) is 29.2 Å². The fraction of sp³-hybridized carbons (Fsp3) is 0.643. The summed E-state index contributed by atoms with van der Waals surface area (Å²) < 4.78 is 13.6. The normalized spacial score (nSPS) is 27.5. The van der Waals surface area contributed by atoms with Gasteiger partial charge in [-0.15, -0.1) is 11.3 Å². The zero-order chi connectivity index (χ0) is 27.6. The Balaban J connectivity index is 1.11. The minimum absolute atomic E-state index is 0.0288. The first-order valence-electron chi connectivity index (χ1n) is 14.2. The van der Waals surface area contributed by atoms with Crippen molar-refractivity contribution in [1.29, 1.82) is 0 Å². The van der Waals surface area contributed by atoms with E-state index < -0.39 is 0 Å². The van der Waals surface area contributed by atoms with Gasteiger partial charge in [0.2, 0.25) is 11.8 Å². The van der Waals surface area contributed by atoms with Crippen LogP contribution in [-0.4, -0.2) is 79.3 Å². The lowest BCUT2D eigenvalue weighted by Gasteiger charge is -2.50. The van der Waals surface area contributed by atoms with Crippen LogP contribution in [0.1, 0.15) is 91.6 Å². The van der Waals surface area contributed by atoms with Crippen LogP contribution in [0.5, 0.6) is 0 Å². The van der Waals surface area contributed by atoms with Crippen LogP contribution in [-0.2, 0) is 9.53 Å². The number of hydrogen-bond donors (Lipinski definition) is 0. The molecule has 1 saturated carbocycles. The molecular formula is C28H35N7O4S. The highest BCUT2D eigenvalue weighted by molar-refractivity contribution is 7.11. The zero-order valence-corrected chi connectivity index (χ0v) is 24.0. The molecule has 0 radical (unpaired) electrons. The van der Waals surface area contributed by atoms with E-state index in [1.807, 2.05) is 33.7 Å². The quantitative estimate of drug-likeness (QED) is 0.444. The summed E-state index contributed by atoms with van der Waals surface area (Å²) in [6.07, 6.45) is 7.65. The number of nitrogens with zero attached hydrogens (tertiary/aromatic N) is 7. The number of likely N-dealkylation sites (tertiary alicyclic amines) is 2. The molecule has 11 nitrogen and oxygen atoms in total. The van der Waals surface area contributed by atoms with E-state index in [0.717, 1.165) is 38.0 Å². The molecular weight excluding hydrogens is 530 g/mol. The monoisotopic (exact) mass is 565 g/mol. The molecule has 3 aliphatic heterocycles. The molecule has 3 unspecified atom stereocenters. The van der Waals surface area contributed by atoms with E-state index in [9.17, 15) is 9.59 Å². The van der Waals surface area contributed by atoms with Gasteiger partial charge in [0, 0.05) is 50.3 Å². The number of hydrogen-bond acceptors (Lipinski definition) is 9. The van der Waals surface area contributed by atoms with E-state index in [4.69, 9.17) is 19.3 Å². The Labute approximate surface area is 236 Å². The first-order valence-corrected chi connectivity index (χ1v) is 15.1. The largest absolute Gasteiger partial charge is 0.357 e. The Bertz CT molecular complexity index is 1400. The highest BCUT2D eigenvalue weighted by Gasteiger charge is 2.61. The van der Waals surface area contributed by atoms with Crippen molar-refractivity contribution in [3.05, 3.63) is 46.3 Å². The molecule has 3 aromatic heterocycles. The second-order valence-corrected chi connectivity index (χ2v) is 13.5. The van der Waals surface area contributed by atoms with Gasteiger partial charge in [0.25, 0.3) is 5.91 Å². The van der Waals surface area contributed by atoms with Crippen molar-refractivity contribution in [3.63, 3.8) is 0 Å². The molecule has 0 bridgehead atoms. The van der Waals surface area contributed by atoms with E-state index in [0.29, 0.717) is 42.8 Å². The van der Waals surface area contributed by atoms with Crippen molar-refractivity contribution in [2.24, 2.45) is 16.7 Å². The summed E-state index contributed by atoms with van der Waals surface area (Å²) in [6.45, 7) is 9.29. The third-order valence-electron chi connectivity index (χ3n) is 9.38. The highest BCUT2D eigenvalue weighted by atomic mass is 32.1. The van der Waals surface area contributed by atoms with Crippen molar-refractivity contribution in [1.82, 2.24) is 34.7 Å². The van der Waals surface area contributed by atoms with E-state index in [2.05, 4.69) is 24.0 Å². The average molecular weight is 566 g/mol. The Morgan fingerprint density at radius 3 is 2.67 bits per heavy atom. The molecule has 1 aliphatic carbocycles. The standard InChI is InChI=1S/C28H35N7O4S/c1-17(20-7-8-35(31-20)22-6-4-5-9-38-22)24-30-23(32-39-24)19-12-33(26(37)21-11-29-16-40-21)13-28(19)14-34(15-28)25(36)18-10-27(18,2)3/h7-8,11,16-19,22H,4-6,9-10,12-15H2,1-3H3/t17?,18-,19?,22?/m1/s1. The van der Waals surface area contributed by atoms with Crippen LogP contribution in [0.25, 0.3) is 0 Å². The Hall–Kier alpha value is -3.12. The third-order valence-corrected chi connectivity index (χ3v) is 10.1. The number of carbonyl (C=O) groups is 2. The van der Waals surface area contributed by atoms with Gasteiger partial charge in [0.1, 0.15) is 11.1 Å². The van der Waals surface area contributed by atoms with Crippen LogP contribution in [0, 0.1) is 16.7 Å². The smallest absolute Gasteiger partial charge is 0.265 e. The molecule has 4 fully saturated rings. The van der Waals surface area contributed by atoms with E-state index in [1.54, 1.807) is 11.7 Å². The van der Waals surface area contributed by atoms with Gasteiger partial charge in [-0.2, -0.15) is 10.1 Å². The van der Waals surface area contributed by atoms with Crippen LogP contribution in [0.15, 0.2) is 28.5 Å². The summed E-state index contributed by atoms with van der Waals surface area (Å²) >= 11 is 1.34. The molecule has 6 heterocycles. The fourth-order valence-electron chi connectivity index (χ4n) is 6.62. The number of rotatable bonds is 6. The molecule has 2 amide bonds. The van der Waals surface area contributed by atoms with Crippen LogP contribution in [0.4, 0.5) is 0 Å². The van der Waals surface area contributed by atoms with Crippen LogP contribution in [0.3, 0.4) is 0 Å². The molecule has 4 aliphatic rings. The van der Waals surface area contributed by atoms with Gasteiger partial charge < -0.3 is 19.1 Å². The molecule has 12 heteroatoms. The maximum atomic E-state index is 13.3. The topological polar surface area (TPSA) is 119 Å². The summed E-state index contributed by atoms with van der Waals surface area (Å²) in [5.41, 5.74) is 2.31. The molecule has 3 saturated heterocycles. The third kappa shape index (κ3) is 4.36. The van der Waals surface area contributed by atoms with Gasteiger partial charge >= 0.3 is 0 Å². The van der Waals surface area contributed by atoms with E-state index in [1.165, 1.54) is 11.3 Å². The fourth-order valence-corrected chi connectivity index (χ4v) is 7.21. The second kappa shape index (κ2) is 9.47. The molecule has 40 heavy (non-hydrogen) atoms. The number of aromatic nitrogens is 5. The van der Waals surface area contributed by atoms with Crippen LogP contribution in [0.2, 0.25) is 0 Å². The summed E-state index contributed by atoms with van der Waals surface area (Å²) in [7, 11) is 0. The minimum Gasteiger partial charge on any atom is -0.357 e. The first kappa shape index (κ1) is 25.8. The first-order chi connectivity index (χ1) is 19.2. The number of amides is 2. The summed E-state index contributed by atoms with van der Waals surface area (Å²) in [5.74, 6) is 1.06. The molecule has 0 aromatic carbocycles. The van der Waals surface area contributed by atoms with E-state index in [-0.39, 0.29) is 46.6 Å². The SMILES string of the molecule is CC(c1ccn(C2CCCCO2)n1)c1nc(C2CN(C(=O)c3cncs3)CC23CN(C(=O)[C@H]2CC2(C)C)C3)no1. The molecule has 212 valence electrons. The summed E-state index contributed by atoms with van der Waals surface area (Å²) in [4.78, 5) is 39.8. The number of ether oxygens (including phenoxy) is 1. The summed E-state index contributed by atoms with van der Waals surface area (Å²) in [5, 5.41) is 9.18. The molecule has 3 aromatic rings. The lowest BCUT2D eigenvalue weighted by Crippen LogP contribution is -2.62. The Kier molecular flexibility index (Phi) is 6.12. The molecule has 7 rings (SSSR count). The Morgan fingerprint density at radius 2 is 1.98 bits per heavy atom. The van der Waals surface area contributed by atoms with E-state index >= 15 is 0 Å². The molecule has 1 spiro atoms. The minimum atomic E-state index is -0.292. The lowest BCUT2D eigenvalue weighted by atomic mass is 9.71. The van der Waals surface area contributed by atoms with Gasteiger partial charge in [-0.1, -0.05) is 19.0 Å². The zero-order valence-electron chi connectivity index (χ0n) is 23.2. The maximum Gasteiger partial charge on any atom is 0.265 e.